The summed E-state index contributed by atoms with van der Waals surface area (Å²) in [5, 5.41) is 23.2. The Hall–Kier alpha value is -3.58. The predicted octanol–water partition coefficient (Wildman–Crippen LogP) is 3.58. The molecule has 0 bridgehead atoms. The van der Waals surface area contributed by atoms with Crippen LogP contribution in [0.2, 0.25) is 5.02 Å². The van der Waals surface area contributed by atoms with Gasteiger partial charge in [0.2, 0.25) is 0 Å². The van der Waals surface area contributed by atoms with E-state index in [0.717, 1.165) is 26.5 Å². The maximum Gasteiger partial charge on any atom is 0.272 e. The zero-order valence-electron chi connectivity index (χ0n) is 16.2. The average molecular weight is 448 g/mol. The van der Waals surface area contributed by atoms with Gasteiger partial charge in [-0.1, -0.05) is 17.7 Å². The molecular weight excluding hydrogens is 434 g/mol. The Bertz CT molecular complexity index is 1590. The summed E-state index contributed by atoms with van der Waals surface area (Å²) in [6.07, 6.45) is 3.31. The number of hydrogen-bond acceptors (Lipinski definition) is 7. The van der Waals surface area contributed by atoms with Crippen molar-refractivity contribution in [2.45, 2.75) is 6.54 Å². The van der Waals surface area contributed by atoms with Crippen molar-refractivity contribution in [3.8, 4) is 27.8 Å². The summed E-state index contributed by atoms with van der Waals surface area (Å²) in [4.78, 5) is 18.0. The fourth-order valence-electron chi connectivity index (χ4n) is 3.70. The van der Waals surface area contributed by atoms with E-state index in [1.54, 1.807) is 29.2 Å². The molecule has 0 radical (unpaired) electrons. The normalized spacial score (nSPS) is 11.3. The molecule has 10 heteroatoms. The Balaban J connectivity index is 1.79. The number of rotatable bonds is 3. The highest BCUT2D eigenvalue weighted by Gasteiger charge is 2.22. The van der Waals surface area contributed by atoms with Gasteiger partial charge in [0.15, 0.2) is 0 Å². The molecule has 1 aromatic carbocycles. The van der Waals surface area contributed by atoms with Crippen molar-refractivity contribution in [3.05, 3.63) is 63.3 Å². The zero-order valence-corrected chi connectivity index (χ0v) is 17.8. The quantitative estimate of drug-likeness (QED) is 0.435. The molecule has 0 aliphatic carbocycles. The second-order valence-corrected chi connectivity index (χ2v) is 8.35. The maximum absolute atomic E-state index is 12.2. The van der Waals surface area contributed by atoms with Gasteiger partial charge in [-0.15, -0.1) is 11.3 Å². The number of nitrogens with zero attached hydrogens (tertiary/aromatic N) is 5. The highest BCUT2D eigenvalue weighted by atomic mass is 35.5. The molecule has 0 saturated heterocycles. The Labute approximate surface area is 184 Å². The number of aryl methyl sites for hydroxylation is 1. The lowest BCUT2D eigenvalue weighted by Gasteiger charge is -2.08. The Kier molecular flexibility index (Phi) is 4.55. The molecule has 0 aliphatic rings. The maximum atomic E-state index is 12.2. The van der Waals surface area contributed by atoms with Crippen molar-refractivity contribution in [1.82, 2.24) is 25.0 Å². The number of nitrogens with two attached hydrogens (primary N) is 1. The van der Waals surface area contributed by atoms with Gasteiger partial charge in [-0.3, -0.25) is 9.48 Å². The summed E-state index contributed by atoms with van der Waals surface area (Å²) in [6.45, 7) is 0.192. The summed E-state index contributed by atoms with van der Waals surface area (Å²) in [6, 6.07) is 9.53. The van der Waals surface area contributed by atoms with Gasteiger partial charge in [0, 0.05) is 36.1 Å². The highest BCUT2D eigenvalue weighted by Crippen LogP contribution is 2.42. The number of fused-ring (bicyclic) bond motifs is 2. The topological polar surface area (TPSA) is 126 Å². The van der Waals surface area contributed by atoms with Gasteiger partial charge in [0.05, 0.1) is 38.4 Å². The van der Waals surface area contributed by atoms with E-state index in [-0.39, 0.29) is 12.1 Å². The molecule has 5 rings (SSSR count). The third kappa shape index (κ3) is 3.00. The minimum Gasteiger partial charge on any atom is -0.325 e. The van der Waals surface area contributed by atoms with Crippen LogP contribution in [0, 0.1) is 11.3 Å². The van der Waals surface area contributed by atoms with E-state index >= 15 is 0 Å². The summed E-state index contributed by atoms with van der Waals surface area (Å²) in [5.74, 6) is 0. The Morgan fingerprint density at radius 2 is 2.10 bits per heavy atom. The molecule has 0 aliphatic heterocycles. The largest absolute Gasteiger partial charge is 0.325 e. The lowest BCUT2D eigenvalue weighted by atomic mass is 10.00. The third-order valence-electron chi connectivity index (χ3n) is 5.15. The number of pyridine rings is 1. The van der Waals surface area contributed by atoms with E-state index in [2.05, 4.69) is 26.3 Å². The zero-order chi connectivity index (χ0) is 21.7. The molecule has 5 aromatic rings. The third-order valence-corrected chi connectivity index (χ3v) is 6.48. The number of aromatic nitrogens is 5. The van der Waals surface area contributed by atoms with Crippen LogP contribution < -0.4 is 11.3 Å². The van der Waals surface area contributed by atoms with Crippen molar-refractivity contribution < 1.29 is 0 Å². The van der Waals surface area contributed by atoms with Gasteiger partial charge in [-0.05, 0) is 23.8 Å². The second-order valence-electron chi connectivity index (χ2n) is 6.92. The number of thiophene rings is 1. The van der Waals surface area contributed by atoms with Gasteiger partial charge in [-0.2, -0.15) is 15.5 Å². The predicted molar refractivity (Wildman–Crippen MR) is 121 cm³/mol. The molecule has 4 heterocycles. The first-order valence-corrected chi connectivity index (χ1v) is 10.4. The second kappa shape index (κ2) is 7.28. The standard InChI is InChI=1S/C21H14ClN7OS/c1-29-18(19-15(6-23)14-5-11(22)8-25-21(14)31-19)16(9-26-29)10-2-3-12-13(4-10)17(7-24)27-28-20(12)30/h2-5,8-9H,7,24H2,1H3,(H,28,30). The van der Waals surface area contributed by atoms with Crippen LogP contribution in [0.15, 0.2) is 41.5 Å². The van der Waals surface area contributed by atoms with E-state index in [1.165, 1.54) is 11.3 Å². The van der Waals surface area contributed by atoms with Crippen molar-refractivity contribution in [3.63, 3.8) is 0 Å². The SMILES string of the molecule is Cn1ncc(-c2ccc3c(=O)[nH]nc(CN)c3c2)c1-c1sc2ncc(Cl)cc2c1C#N. The molecule has 4 aromatic heterocycles. The van der Waals surface area contributed by atoms with E-state index in [1.807, 2.05) is 19.2 Å². The van der Waals surface area contributed by atoms with Gasteiger partial charge < -0.3 is 5.73 Å². The number of aromatic amines is 1. The van der Waals surface area contributed by atoms with Crippen molar-refractivity contribution in [1.29, 1.82) is 5.26 Å². The van der Waals surface area contributed by atoms with Crippen LogP contribution in [0.4, 0.5) is 0 Å². The summed E-state index contributed by atoms with van der Waals surface area (Å²) in [7, 11) is 1.82. The lowest BCUT2D eigenvalue weighted by molar-refractivity contribution is 0.777. The van der Waals surface area contributed by atoms with Crippen LogP contribution in [-0.2, 0) is 13.6 Å². The fraction of sp³-hybridized carbons (Fsp3) is 0.0952. The van der Waals surface area contributed by atoms with Gasteiger partial charge in [0.25, 0.3) is 5.56 Å². The van der Waals surface area contributed by atoms with Crippen LogP contribution in [0.25, 0.3) is 42.7 Å². The van der Waals surface area contributed by atoms with Crippen LogP contribution in [-0.4, -0.2) is 25.0 Å². The van der Waals surface area contributed by atoms with Gasteiger partial charge in [0.1, 0.15) is 10.9 Å². The van der Waals surface area contributed by atoms with Gasteiger partial charge in [-0.25, -0.2) is 10.1 Å². The number of benzene rings is 1. The summed E-state index contributed by atoms with van der Waals surface area (Å²) >= 11 is 7.52. The lowest BCUT2D eigenvalue weighted by Crippen LogP contribution is -2.13. The number of halogens is 1. The van der Waals surface area contributed by atoms with Crippen molar-refractivity contribution >= 4 is 43.9 Å². The Morgan fingerprint density at radius 1 is 1.26 bits per heavy atom. The number of nitrogens with one attached hydrogen (secondary N) is 1. The first-order chi connectivity index (χ1) is 15.0. The Morgan fingerprint density at radius 3 is 2.87 bits per heavy atom. The summed E-state index contributed by atoms with van der Waals surface area (Å²) in [5.41, 5.74) is 9.08. The minimum atomic E-state index is -0.274. The molecule has 0 amide bonds. The molecule has 3 N–H and O–H groups in total. The highest BCUT2D eigenvalue weighted by molar-refractivity contribution is 7.22. The molecule has 31 heavy (non-hydrogen) atoms. The molecule has 152 valence electrons. The molecular formula is C21H14ClN7OS. The average Bonchev–Trinajstić information content (AvgIpc) is 3.33. The van der Waals surface area contributed by atoms with E-state index < -0.39 is 0 Å². The molecule has 0 atom stereocenters. The molecule has 0 unspecified atom stereocenters. The smallest absolute Gasteiger partial charge is 0.272 e. The summed E-state index contributed by atoms with van der Waals surface area (Å²) < 4.78 is 1.73. The fourth-order valence-corrected chi connectivity index (χ4v) is 5.02. The molecule has 0 saturated carbocycles. The van der Waals surface area contributed by atoms with Crippen LogP contribution >= 0.6 is 22.9 Å². The monoisotopic (exact) mass is 447 g/mol. The van der Waals surface area contributed by atoms with E-state index in [4.69, 9.17) is 17.3 Å². The van der Waals surface area contributed by atoms with Crippen LogP contribution in [0.1, 0.15) is 11.3 Å². The van der Waals surface area contributed by atoms with Crippen molar-refractivity contribution in [2.75, 3.05) is 0 Å². The molecule has 0 fully saturated rings. The minimum absolute atomic E-state index is 0.192. The van der Waals surface area contributed by atoms with Crippen LogP contribution in [0.3, 0.4) is 0 Å². The number of nitriles is 1. The number of H-pyrrole nitrogens is 1. The molecule has 0 spiro atoms. The van der Waals surface area contributed by atoms with Crippen LogP contribution in [0.5, 0.6) is 0 Å². The first kappa shape index (κ1) is 19.4. The molecule has 8 nitrogen and oxygen atoms in total. The van der Waals surface area contributed by atoms with E-state index in [0.29, 0.717) is 32.4 Å². The van der Waals surface area contributed by atoms with Crippen molar-refractivity contribution in [2.24, 2.45) is 12.8 Å². The van der Waals surface area contributed by atoms with E-state index in [9.17, 15) is 10.1 Å². The number of hydrogen-bond donors (Lipinski definition) is 2. The van der Waals surface area contributed by atoms with Gasteiger partial charge >= 0.3 is 0 Å². The first-order valence-electron chi connectivity index (χ1n) is 9.24.